The maximum Gasteiger partial charge on any atom is 0.416 e. The van der Waals surface area contributed by atoms with E-state index < -0.39 is 23.2 Å². The fourth-order valence-corrected chi connectivity index (χ4v) is 3.04. The van der Waals surface area contributed by atoms with Crippen molar-refractivity contribution in [1.82, 2.24) is 0 Å². The lowest BCUT2D eigenvalue weighted by molar-refractivity contribution is -0.137. The van der Waals surface area contributed by atoms with E-state index in [0.29, 0.717) is 12.3 Å². The van der Waals surface area contributed by atoms with Crippen molar-refractivity contribution < 1.29 is 27.4 Å². The average Bonchev–Trinajstić information content (AvgIpc) is 2.74. The third-order valence-corrected chi connectivity index (χ3v) is 4.84. The number of rotatable bonds is 7. The van der Waals surface area contributed by atoms with Crippen LogP contribution in [0.25, 0.3) is 11.1 Å². The van der Waals surface area contributed by atoms with E-state index in [1.807, 2.05) is 36.4 Å². The molecule has 0 heterocycles. The van der Waals surface area contributed by atoms with Crippen molar-refractivity contribution in [2.75, 3.05) is 12.4 Å². The predicted octanol–water partition coefficient (Wildman–Crippen LogP) is 6.31. The minimum Gasteiger partial charge on any atom is -0.478 e. The van der Waals surface area contributed by atoms with Gasteiger partial charge in [-0.25, -0.2) is 0 Å². The lowest BCUT2D eigenvalue weighted by Crippen LogP contribution is -2.42. The standard InChI is InChI=1S/C25H24F3NO3/c1-24(2,32-22-14-10-20(11-15-22)25(26,27)28)23(30)29-21-12-8-19(9-13-21)18-6-4-17(5-7-18)16-31-3/h4-15H,16H2,1-3H3,(H,29,30). The van der Waals surface area contributed by atoms with Crippen LogP contribution >= 0.6 is 0 Å². The van der Waals surface area contributed by atoms with E-state index in [1.165, 1.54) is 12.1 Å². The zero-order chi connectivity index (χ0) is 23.4. The van der Waals surface area contributed by atoms with E-state index in [1.54, 1.807) is 33.1 Å². The first-order chi connectivity index (χ1) is 15.1. The van der Waals surface area contributed by atoms with E-state index >= 15 is 0 Å². The number of nitrogens with one attached hydrogen (secondary N) is 1. The number of ether oxygens (including phenoxy) is 2. The van der Waals surface area contributed by atoms with Gasteiger partial charge in [0.25, 0.3) is 5.91 Å². The van der Waals surface area contributed by atoms with Gasteiger partial charge in [-0.2, -0.15) is 13.2 Å². The van der Waals surface area contributed by atoms with E-state index in [0.717, 1.165) is 28.8 Å². The molecular weight excluding hydrogens is 419 g/mol. The number of hydrogen-bond donors (Lipinski definition) is 1. The summed E-state index contributed by atoms with van der Waals surface area (Å²) in [7, 11) is 1.65. The van der Waals surface area contributed by atoms with Crippen LogP contribution in [0.1, 0.15) is 25.0 Å². The Bertz CT molecular complexity index is 1040. The molecule has 168 valence electrons. The van der Waals surface area contributed by atoms with Crippen LogP contribution in [0.2, 0.25) is 0 Å². The molecular formula is C25H24F3NO3. The van der Waals surface area contributed by atoms with E-state index in [9.17, 15) is 18.0 Å². The van der Waals surface area contributed by atoms with Crippen molar-refractivity contribution >= 4 is 11.6 Å². The monoisotopic (exact) mass is 443 g/mol. The second kappa shape index (κ2) is 9.44. The second-order valence-corrected chi connectivity index (χ2v) is 7.80. The zero-order valence-corrected chi connectivity index (χ0v) is 18.0. The van der Waals surface area contributed by atoms with Crippen molar-refractivity contribution in [3.05, 3.63) is 83.9 Å². The molecule has 0 aliphatic heterocycles. The summed E-state index contributed by atoms with van der Waals surface area (Å²) < 4.78 is 48.9. The molecule has 0 saturated heterocycles. The van der Waals surface area contributed by atoms with Crippen molar-refractivity contribution in [2.45, 2.75) is 32.2 Å². The first kappa shape index (κ1) is 23.3. The van der Waals surface area contributed by atoms with Gasteiger partial charge in [0.15, 0.2) is 5.60 Å². The van der Waals surface area contributed by atoms with Crippen LogP contribution in [0.5, 0.6) is 5.75 Å². The van der Waals surface area contributed by atoms with Crippen LogP contribution in [0, 0.1) is 0 Å². The molecule has 0 saturated carbocycles. The molecule has 32 heavy (non-hydrogen) atoms. The molecule has 0 spiro atoms. The average molecular weight is 443 g/mol. The summed E-state index contributed by atoms with van der Waals surface area (Å²) in [6.45, 7) is 3.65. The van der Waals surface area contributed by atoms with Crippen molar-refractivity contribution in [2.24, 2.45) is 0 Å². The highest BCUT2D eigenvalue weighted by Gasteiger charge is 2.32. The smallest absolute Gasteiger partial charge is 0.416 e. The summed E-state index contributed by atoms with van der Waals surface area (Å²) in [5.41, 5.74) is 1.62. The number of anilines is 1. The SMILES string of the molecule is COCc1ccc(-c2ccc(NC(=O)C(C)(C)Oc3ccc(C(F)(F)F)cc3)cc2)cc1. The summed E-state index contributed by atoms with van der Waals surface area (Å²) in [6, 6.07) is 19.6. The lowest BCUT2D eigenvalue weighted by atomic mass is 10.0. The van der Waals surface area contributed by atoms with Crippen LogP contribution in [0.3, 0.4) is 0 Å². The van der Waals surface area contributed by atoms with E-state index in [4.69, 9.17) is 9.47 Å². The van der Waals surface area contributed by atoms with Gasteiger partial charge in [0, 0.05) is 12.8 Å². The van der Waals surface area contributed by atoms with Crippen molar-refractivity contribution in [3.8, 4) is 16.9 Å². The second-order valence-electron chi connectivity index (χ2n) is 7.80. The normalized spacial score (nSPS) is 11.8. The molecule has 0 bridgehead atoms. The maximum atomic E-state index is 12.7. The van der Waals surface area contributed by atoms with Gasteiger partial charge in [-0.05, 0) is 66.9 Å². The van der Waals surface area contributed by atoms with Gasteiger partial charge in [-0.15, -0.1) is 0 Å². The Morgan fingerprint density at radius 3 is 1.88 bits per heavy atom. The quantitative estimate of drug-likeness (QED) is 0.465. The number of alkyl halides is 3. The topological polar surface area (TPSA) is 47.6 Å². The third-order valence-electron chi connectivity index (χ3n) is 4.84. The molecule has 1 N–H and O–H groups in total. The molecule has 1 amide bonds. The van der Waals surface area contributed by atoms with Gasteiger partial charge < -0.3 is 14.8 Å². The molecule has 0 aromatic heterocycles. The lowest BCUT2D eigenvalue weighted by Gasteiger charge is -2.25. The summed E-state index contributed by atoms with van der Waals surface area (Å²) in [4.78, 5) is 12.7. The molecule has 7 heteroatoms. The van der Waals surface area contributed by atoms with Crippen LogP contribution in [0.4, 0.5) is 18.9 Å². The summed E-state index contributed by atoms with van der Waals surface area (Å²) in [5.74, 6) is -0.250. The Kier molecular flexibility index (Phi) is 6.89. The number of amides is 1. The molecule has 0 radical (unpaired) electrons. The van der Waals surface area contributed by atoms with Gasteiger partial charge in [0.05, 0.1) is 12.2 Å². The van der Waals surface area contributed by atoms with E-state index in [2.05, 4.69) is 5.32 Å². The highest BCUT2D eigenvalue weighted by Crippen LogP contribution is 2.31. The van der Waals surface area contributed by atoms with Crippen LogP contribution in [-0.4, -0.2) is 18.6 Å². The molecule has 0 unspecified atom stereocenters. The predicted molar refractivity (Wildman–Crippen MR) is 117 cm³/mol. The molecule has 0 aliphatic rings. The Hall–Kier alpha value is -3.32. The molecule has 3 rings (SSSR count). The fourth-order valence-electron chi connectivity index (χ4n) is 3.04. The Labute approximate surface area is 185 Å². The van der Waals surface area contributed by atoms with Gasteiger partial charge >= 0.3 is 6.18 Å². The maximum absolute atomic E-state index is 12.7. The number of benzene rings is 3. The first-order valence-electron chi connectivity index (χ1n) is 9.94. The van der Waals surface area contributed by atoms with Gasteiger partial charge in [-0.1, -0.05) is 36.4 Å². The Balaban J connectivity index is 1.64. The minimum absolute atomic E-state index is 0.172. The van der Waals surface area contributed by atoms with Gasteiger partial charge in [-0.3, -0.25) is 4.79 Å². The molecule has 0 fully saturated rings. The molecule has 3 aromatic carbocycles. The van der Waals surface area contributed by atoms with Gasteiger partial charge in [0.1, 0.15) is 5.75 Å². The summed E-state index contributed by atoms with van der Waals surface area (Å²) in [6.07, 6.45) is -4.43. The molecule has 0 atom stereocenters. The fraction of sp³-hybridized carbons (Fsp3) is 0.240. The third kappa shape index (κ3) is 5.88. The van der Waals surface area contributed by atoms with Crippen molar-refractivity contribution in [3.63, 3.8) is 0 Å². The molecule has 0 aliphatic carbocycles. The highest BCUT2D eigenvalue weighted by atomic mass is 19.4. The number of methoxy groups -OCH3 is 1. The van der Waals surface area contributed by atoms with Crippen LogP contribution in [0.15, 0.2) is 72.8 Å². The number of carbonyl (C=O) groups is 1. The number of hydrogen-bond acceptors (Lipinski definition) is 3. The minimum atomic E-state index is -4.43. The Morgan fingerprint density at radius 2 is 1.38 bits per heavy atom. The summed E-state index contributed by atoms with van der Waals surface area (Å²) in [5, 5.41) is 2.78. The van der Waals surface area contributed by atoms with Crippen molar-refractivity contribution in [1.29, 1.82) is 0 Å². The molecule has 4 nitrogen and oxygen atoms in total. The number of halogens is 3. The van der Waals surface area contributed by atoms with E-state index in [-0.39, 0.29) is 5.75 Å². The highest BCUT2D eigenvalue weighted by molar-refractivity contribution is 5.97. The number of carbonyl (C=O) groups excluding carboxylic acids is 1. The van der Waals surface area contributed by atoms with Gasteiger partial charge in [0.2, 0.25) is 0 Å². The zero-order valence-electron chi connectivity index (χ0n) is 18.0. The Morgan fingerprint density at radius 1 is 0.844 bits per heavy atom. The summed E-state index contributed by atoms with van der Waals surface area (Å²) >= 11 is 0. The first-order valence-corrected chi connectivity index (χ1v) is 9.94. The van der Waals surface area contributed by atoms with Crippen LogP contribution in [-0.2, 0) is 22.3 Å². The molecule has 3 aromatic rings. The largest absolute Gasteiger partial charge is 0.478 e. The van der Waals surface area contributed by atoms with Crippen LogP contribution < -0.4 is 10.1 Å².